The van der Waals surface area contributed by atoms with Crippen LogP contribution in [0.2, 0.25) is 0 Å². The van der Waals surface area contributed by atoms with E-state index in [9.17, 15) is 0 Å². The van der Waals surface area contributed by atoms with Crippen LogP contribution in [0.3, 0.4) is 0 Å². The molecule has 0 aromatic heterocycles. The Labute approximate surface area is 115 Å². The average Bonchev–Trinajstić information content (AvgIpc) is 2.24. The smallest absolute Gasteiger partial charge is 0.370 e. The summed E-state index contributed by atoms with van der Waals surface area (Å²) in [6.45, 7) is 3.09. The van der Waals surface area contributed by atoms with Crippen LogP contribution in [0.1, 0.15) is 58.3 Å². The van der Waals surface area contributed by atoms with Gasteiger partial charge in [-0.15, -0.1) is 0 Å². The van der Waals surface area contributed by atoms with Gasteiger partial charge in [-0.3, -0.25) is 5.41 Å². The molecule has 0 aliphatic rings. The molecule has 0 aliphatic carbocycles. The quantitative estimate of drug-likeness (QED) is 0.166. The van der Waals surface area contributed by atoms with E-state index in [2.05, 4.69) is 12.2 Å². The molecule has 0 fully saturated rings. The molecule has 0 amide bonds. The van der Waals surface area contributed by atoms with E-state index in [1.165, 1.54) is 44.9 Å². The zero-order valence-corrected chi connectivity index (χ0v) is 12.5. The predicted octanol–water partition coefficient (Wildman–Crippen LogP) is 1.68. The number of hydrogen-bond donors (Lipinski definition) is 6. The summed E-state index contributed by atoms with van der Waals surface area (Å²) < 4.78 is 8.88. The van der Waals surface area contributed by atoms with Crippen molar-refractivity contribution in [2.75, 3.05) is 6.54 Å². The molecule has 7 nitrogen and oxygen atoms in total. The molecule has 0 unspecified atom stereocenters. The molecule has 0 atom stereocenters. The lowest BCUT2D eigenvalue weighted by atomic mass is 10.1. The molecule has 0 aromatic rings. The van der Waals surface area contributed by atoms with Crippen molar-refractivity contribution in [1.82, 2.24) is 5.32 Å². The molecule has 8 heteroatoms. The van der Waals surface area contributed by atoms with Gasteiger partial charge < -0.3 is 25.7 Å². The molecule has 0 saturated carbocycles. The molecule has 0 spiro atoms. The highest BCUT2D eigenvalue weighted by Gasteiger charge is 2.00. The Hall–Kier alpha value is -0.620. The molecule has 0 aliphatic heterocycles. The molecule has 7 N–H and O–H groups in total. The Bertz CT molecular complexity index is 250. The van der Waals surface area contributed by atoms with Crippen LogP contribution in [0.15, 0.2) is 0 Å². The van der Waals surface area contributed by atoms with Crippen LogP contribution in [0.4, 0.5) is 0 Å². The number of phosphoric acid groups is 1. The molecular formula is C11H28N3O4P. The highest BCUT2D eigenvalue weighted by Crippen LogP contribution is 2.25. The van der Waals surface area contributed by atoms with Gasteiger partial charge >= 0.3 is 7.82 Å². The summed E-state index contributed by atoms with van der Waals surface area (Å²) in [5, 5.41) is 9.77. The van der Waals surface area contributed by atoms with Gasteiger partial charge in [0.05, 0.1) is 0 Å². The zero-order valence-electron chi connectivity index (χ0n) is 11.6. The van der Waals surface area contributed by atoms with Gasteiger partial charge in [-0.2, -0.15) is 0 Å². The van der Waals surface area contributed by atoms with Gasteiger partial charge in [0, 0.05) is 6.54 Å². The lowest BCUT2D eigenvalue weighted by molar-refractivity contribution is 0.275. The molecule has 0 aromatic carbocycles. The first-order chi connectivity index (χ1) is 8.77. The first kappa shape index (κ1) is 20.7. The molecule has 0 heterocycles. The fraction of sp³-hybridized carbons (Fsp3) is 0.909. The Morgan fingerprint density at radius 2 is 1.42 bits per heavy atom. The molecule has 0 radical (unpaired) electrons. The van der Waals surface area contributed by atoms with Crippen molar-refractivity contribution in [3.05, 3.63) is 0 Å². The Kier molecular flexibility index (Phi) is 15.0. The van der Waals surface area contributed by atoms with Gasteiger partial charge in [-0.05, 0) is 6.42 Å². The van der Waals surface area contributed by atoms with Crippen LogP contribution in [-0.4, -0.2) is 27.2 Å². The zero-order chi connectivity index (χ0) is 15.1. The third-order valence-corrected chi connectivity index (χ3v) is 2.35. The molecule has 116 valence electrons. The molecule has 19 heavy (non-hydrogen) atoms. The van der Waals surface area contributed by atoms with Crippen molar-refractivity contribution in [2.45, 2.75) is 58.3 Å². The molecule has 0 saturated heterocycles. The monoisotopic (exact) mass is 297 g/mol. The van der Waals surface area contributed by atoms with Gasteiger partial charge in [-0.25, -0.2) is 4.57 Å². The van der Waals surface area contributed by atoms with Gasteiger partial charge in [0.2, 0.25) is 0 Å². The van der Waals surface area contributed by atoms with Crippen LogP contribution in [0.5, 0.6) is 0 Å². The van der Waals surface area contributed by atoms with Crippen molar-refractivity contribution in [1.29, 1.82) is 5.41 Å². The number of guanidine groups is 1. The molecule has 0 rings (SSSR count). The predicted molar refractivity (Wildman–Crippen MR) is 76.8 cm³/mol. The van der Waals surface area contributed by atoms with Crippen LogP contribution in [-0.2, 0) is 4.57 Å². The SMILES string of the molecule is CCCCCCCCCCNC(=N)N.O=P(O)(O)O. The van der Waals surface area contributed by atoms with Crippen LogP contribution in [0.25, 0.3) is 0 Å². The van der Waals surface area contributed by atoms with E-state index in [0.717, 1.165) is 13.0 Å². The summed E-state index contributed by atoms with van der Waals surface area (Å²) in [4.78, 5) is 21.6. The normalized spacial score (nSPS) is 10.5. The number of unbranched alkanes of at least 4 members (excludes halogenated alkanes) is 7. The van der Waals surface area contributed by atoms with E-state index in [-0.39, 0.29) is 5.96 Å². The van der Waals surface area contributed by atoms with E-state index in [1.807, 2.05) is 0 Å². The van der Waals surface area contributed by atoms with E-state index in [0.29, 0.717) is 0 Å². The van der Waals surface area contributed by atoms with Crippen LogP contribution in [0, 0.1) is 5.41 Å². The van der Waals surface area contributed by atoms with E-state index in [1.54, 1.807) is 0 Å². The van der Waals surface area contributed by atoms with Crippen molar-refractivity contribution >= 4 is 13.8 Å². The van der Waals surface area contributed by atoms with E-state index >= 15 is 0 Å². The summed E-state index contributed by atoms with van der Waals surface area (Å²) in [6, 6.07) is 0. The second kappa shape index (κ2) is 13.8. The van der Waals surface area contributed by atoms with Crippen molar-refractivity contribution in [3.63, 3.8) is 0 Å². The minimum Gasteiger partial charge on any atom is -0.370 e. The fourth-order valence-corrected chi connectivity index (χ4v) is 1.48. The Morgan fingerprint density at radius 3 is 1.79 bits per heavy atom. The first-order valence-electron chi connectivity index (χ1n) is 6.63. The summed E-state index contributed by atoms with van der Waals surface area (Å²) in [5.74, 6) is 0.0907. The third-order valence-electron chi connectivity index (χ3n) is 2.35. The lowest BCUT2D eigenvalue weighted by Gasteiger charge is -2.03. The van der Waals surface area contributed by atoms with Crippen LogP contribution >= 0.6 is 7.82 Å². The maximum atomic E-state index is 8.88. The molecule has 0 bridgehead atoms. The van der Waals surface area contributed by atoms with Crippen LogP contribution < -0.4 is 11.1 Å². The Morgan fingerprint density at radius 1 is 1.05 bits per heavy atom. The maximum Gasteiger partial charge on any atom is 0.466 e. The largest absolute Gasteiger partial charge is 0.466 e. The number of nitrogens with one attached hydrogen (secondary N) is 2. The van der Waals surface area contributed by atoms with Gasteiger partial charge in [0.15, 0.2) is 5.96 Å². The lowest BCUT2D eigenvalue weighted by Crippen LogP contribution is -2.30. The second-order valence-corrected chi connectivity index (χ2v) is 5.36. The highest BCUT2D eigenvalue weighted by atomic mass is 31.2. The fourth-order valence-electron chi connectivity index (χ4n) is 1.48. The second-order valence-electron chi connectivity index (χ2n) is 4.33. The summed E-state index contributed by atoms with van der Waals surface area (Å²) in [7, 11) is -4.64. The van der Waals surface area contributed by atoms with Crippen molar-refractivity contribution < 1.29 is 19.2 Å². The van der Waals surface area contributed by atoms with Gasteiger partial charge in [0.1, 0.15) is 0 Å². The van der Waals surface area contributed by atoms with Gasteiger partial charge in [-0.1, -0.05) is 51.9 Å². The summed E-state index contributed by atoms with van der Waals surface area (Å²) in [6.07, 6.45) is 10.5. The van der Waals surface area contributed by atoms with Gasteiger partial charge in [0.25, 0.3) is 0 Å². The standard InChI is InChI=1S/C11H25N3.H3O4P/c1-2-3-4-5-6-7-8-9-10-14-11(12)13;1-5(2,3)4/h2-10H2,1H3,(H4,12,13,14);(H3,1,2,3,4). The highest BCUT2D eigenvalue weighted by molar-refractivity contribution is 7.45. The minimum absolute atomic E-state index is 0.0907. The van der Waals surface area contributed by atoms with Crippen molar-refractivity contribution in [2.24, 2.45) is 5.73 Å². The Balaban J connectivity index is 0. The number of hydrogen-bond acceptors (Lipinski definition) is 2. The summed E-state index contributed by atoms with van der Waals surface area (Å²) >= 11 is 0. The molecular weight excluding hydrogens is 269 g/mol. The minimum atomic E-state index is -4.64. The number of nitrogens with two attached hydrogens (primary N) is 1. The average molecular weight is 297 g/mol. The third kappa shape index (κ3) is 38.2. The van der Waals surface area contributed by atoms with E-state index in [4.69, 9.17) is 30.4 Å². The maximum absolute atomic E-state index is 8.88. The first-order valence-corrected chi connectivity index (χ1v) is 8.20. The van der Waals surface area contributed by atoms with Crippen molar-refractivity contribution in [3.8, 4) is 0 Å². The topological polar surface area (TPSA) is 140 Å². The number of rotatable bonds is 9. The van der Waals surface area contributed by atoms with E-state index < -0.39 is 7.82 Å². The summed E-state index contributed by atoms with van der Waals surface area (Å²) in [5.41, 5.74) is 5.16.